The zero-order valence-corrected chi connectivity index (χ0v) is 12.3. The SMILES string of the molecule is CCN1CCC(CNS(=O)(=O)CCCC(=O)O)CC1. The van der Waals surface area contributed by atoms with Crippen molar-refractivity contribution >= 4 is 16.0 Å². The highest BCUT2D eigenvalue weighted by Crippen LogP contribution is 2.16. The number of hydrogen-bond acceptors (Lipinski definition) is 4. The average Bonchev–Trinajstić information content (AvgIpc) is 2.36. The summed E-state index contributed by atoms with van der Waals surface area (Å²) >= 11 is 0. The van der Waals surface area contributed by atoms with Crippen molar-refractivity contribution in [3.63, 3.8) is 0 Å². The van der Waals surface area contributed by atoms with Crippen LogP contribution in [0.3, 0.4) is 0 Å². The van der Waals surface area contributed by atoms with Gasteiger partial charge in [0.2, 0.25) is 10.0 Å². The summed E-state index contributed by atoms with van der Waals surface area (Å²) < 4.78 is 25.9. The highest BCUT2D eigenvalue weighted by atomic mass is 32.2. The molecule has 0 aromatic heterocycles. The number of sulfonamides is 1. The minimum atomic E-state index is -3.32. The molecule has 0 amide bonds. The van der Waals surface area contributed by atoms with Crippen molar-refractivity contribution in [2.75, 3.05) is 31.9 Å². The van der Waals surface area contributed by atoms with Crippen LogP contribution in [0.2, 0.25) is 0 Å². The van der Waals surface area contributed by atoms with Crippen molar-refractivity contribution in [2.24, 2.45) is 5.92 Å². The molecule has 0 aromatic carbocycles. The van der Waals surface area contributed by atoms with Crippen molar-refractivity contribution in [3.05, 3.63) is 0 Å². The van der Waals surface area contributed by atoms with Crippen LogP contribution in [0.25, 0.3) is 0 Å². The predicted octanol–water partition coefficient (Wildman–Crippen LogP) is 0.503. The van der Waals surface area contributed by atoms with Gasteiger partial charge in [-0.2, -0.15) is 0 Å². The summed E-state index contributed by atoms with van der Waals surface area (Å²) in [4.78, 5) is 12.7. The molecule has 0 bridgehead atoms. The van der Waals surface area contributed by atoms with Gasteiger partial charge >= 0.3 is 5.97 Å². The van der Waals surface area contributed by atoms with Crippen molar-refractivity contribution in [1.29, 1.82) is 0 Å². The summed E-state index contributed by atoms with van der Waals surface area (Å²) in [5.74, 6) is -0.660. The van der Waals surface area contributed by atoms with Gasteiger partial charge in [0.25, 0.3) is 0 Å². The second-order valence-corrected chi connectivity index (χ2v) is 6.97. The minimum absolute atomic E-state index is 0.101. The van der Waals surface area contributed by atoms with Crippen LogP contribution in [0.15, 0.2) is 0 Å². The smallest absolute Gasteiger partial charge is 0.303 e. The molecule has 0 unspecified atom stereocenters. The molecule has 1 fully saturated rings. The van der Waals surface area contributed by atoms with Gasteiger partial charge in [0, 0.05) is 13.0 Å². The molecule has 0 spiro atoms. The van der Waals surface area contributed by atoms with Gasteiger partial charge in [-0.25, -0.2) is 13.1 Å². The number of piperidine rings is 1. The molecule has 0 aliphatic carbocycles. The largest absolute Gasteiger partial charge is 0.481 e. The fourth-order valence-electron chi connectivity index (χ4n) is 2.24. The molecule has 7 heteroatoms. The van der Waals surface area contributed by atoms with Gasteiger partial charge in [-0.3, -0.25) is 4.79 Å². The summed E-state index contributed by atoms with van der Waals surface area (Å²) in [7, 11) is -3.32. The van der Waals surface area contributed by atoms with E-state index in [0.29, 0.717) is 12.5 Å². The Bertz CT molecular complexity index is 375. The number of carboxylic acid groups (broad SMARTS) is 1. The standard InChI is InChI=1S/C12H24N2O4S/c1-2-14-7-5-11(6-8-14)10-13-19(17,18)9-3-4-12(15)16/h11,13H,2-10H2,1H3,(H,15,16). The maximum atomic E-state index is 11.7. The lowest BCUT2D eigenvalue weighted by Gasteiger charge is -2.30. The van der Waals surface area contributed by atoms with E-state index in [0.717, 1.165) is 32.5 Å². The fourth-order valence-corrected chi connectivity index (χ4v) is 3.40. The lowest BCUT2D eigenvalue weighted by Crippen LogP contribution is -2.39. The Morgan fingerprint density at radius 1 is 1.37 bits per heavy atom. The third-order valence-electron chi connectivity index (χ3n) is 3.55. The summed E-state index contributed by atoms with van der Waals surface area (Å²) in [6.45, 7) is 5.72. The van der Waals surface area contributed by atoms with Gasteiger partial charge in [0.1, 0.15) is 0 Å². The van der Waals surface area contributed by atoms with Crippen LogP contribution in [-0.2, 0) is 14.8 Å². The maximum Gasteiger partial charge on any atom is 0.303 e. The first-order valence-electron chi connectivity index (χ1n) is 6.84. The second kappa shape index (κ2) is 7.81. The predicted molar refractivity (Wildman–Crippen MR) is 73.5 cm³/mol. The van der Waals surface area contributed by atoms with Crippen molar-refractivity contribution in [1.82, 2.24) is 9.62 Å². The Balaban J connectivity index is 2.22. The van der Waals surface area contributed by atoms with Crippen molar-refractivity contribution < 1.29 is 18.3 Å². The molecule has 1 saturated heterocycles. The first kappa shape index (κ1) is 16.4. The van der Waals surface area contributed by atoms with Gasteiger partial charge in [0.05, 0.1) is 5.75 Å². The lowest BCUT2D eigenvalue weighted by molar-refractivity contribution is -0.137. The highest BCUT2D eigenvalue weighted by Gasteiger charge is 2.20. The molecule has 1 aliphatic heterocycles. The summed E-state index contributed by atoms with van der Waals surface area (Å²) in [6.07, 6.45) is 2.10. The summed E-state index contributed by atoms with van der Waals surface area (Å²) in [5.41, 5.74) is 0. The molecule has 0 radical (unpaired) electrons. The minimum Gasteiger partial charge on any atom is -0.481 e. The molecule has 112 valence electrons. The van der Waals surface area contributed by atoms with Gasteiger partial charge in [-0.15, -0.1) is 0 Å². The van der Waals surface area contributed by atoms with E-state index in [-0.39, 0.29) is 18.6 Å². The number of carboxylic acids is 1. The number of hydrogen-bond donors (Lipinski definition) is 2. The molecule has 1 aliphatic rings. The first-order chi connectivity index (χ1) is 8.93. The van der Waals surface area contributed by atoms with Gasteiger partial charge in [-0.05, 0) is 44.8 Å². The molecule has 6 nitrogen and oxygen atoms in total. The third kappa shape index (κ3) is 6.89. The topological polar surface area (TPSA) is 86.7 Å². The van der Waals surface area contributed by atoms with Crippen LogP contribution in [0.1, 0.15) is 32.6 Å². The van der Waals surface area contributed by atoms with Gasteiger partial charge in [-0.1, -0.05) is 6.92 Å². The van der Waals surface area contributed by atoms with Crippen LogP contribution in [0.4, 0.5) is 0 Å². The summed E-state index contributed by atoms with van der Waals surface area (Å²) in [5, 5.41) is 8.47. The fraction of sp³-hybridized carbons (Fsp3) is 0.917. The Morgan fingerprint density at radius 2 is 2.00 bits per heavy atom. The number of rotatable bonds is 8. The van der Waals surface area contributed by atoms with E-state index in [4.69, 9.17) is 5.11 Å². The van der Waals surface area contributed by atoms with E-state index in [2.05, 4.69) is 16.5 Å². The molecule has 1 rings (SSSR count). The van der Waals surface area contributed by atoms with E-state index in [1.165, 1.54) is 0 Å². The zero-order chi connectivity index (χ0) is 14.3. The summed E-state index contributed by atoms with van der Waals surface area (Å²) in [6, 6.07) is 0. The zero-order valence-electron chi connectivity index (χ0n) is 11.5. The van der Waals surface area contributed by atoms with Crippen molar-refractivity contribution in [3.8, 4) is 0 Å². The molecule has 0 atom stereocenters. The molecule has 0 aromatic rings. The van der Waals surface area contributed by atoms with Gasteiger partial charge < -0.3 is 10.0 Å². The molecular formula is C12H24N2O4S. The van der Waals surface area contributed by atoms with E-state index in [1.807, 2.05) is 0 Å². The Hall–Kier alpha value is -0.660. The monoisotopic (exact) mass is 292 g/mol. The quantitative estimate of drug-likeness (QED) is 0.680. The van der Waals surface area contributed by atoms with Crippen LogP contribution in [0, 0.1) is 5.92 Å². The number of nitrogens with one attached hydrogen (secondary N) is 1. The normalized spacial score (nSPS) is 18.6. The van der Waals surface area contributed by atoms with Gasteiger partial charge in [0.15, 0.2) is 0 Å². The van der Waals surface area contributed by atoms with Crippen LogP contribution in [-0.4, -0.2) is 56.3 Å². The Morgan fingerprint density at radius 3 is 2.53 bits per heavy atom. The molecule has 0 saturated carbocycles. The number of aliphatic carboxylic acids is 1. The van der Waals surface area contributed by atoms with E-state index in [9.17, 15) is 13.2 Å². The second-order valence-electron chi connectivity index (χ2n) is 5.04. The lowest BCUT2D eigenvalue weighted by atomic mass is 9.97. The first-order valence-corrected chi connectivity index (χ1v) is 8.49. The van der Waals surface area contributed by atoms with Crippen LogP contribution in [0.5, 0.6) is 0 Å². The molecule has 2 N–H and O–H groups in total. The molecular weight excluding hydrogens is 268 g/mol. The highest BCUT2D eigenvalue weighted by molar-refractivity contribution is 7.89. The Labute approximate surface area is 115 Å². The third-order valence-corrected chi connectivity index (χ3v) is 4.98. The Kier molecular flexibility index (Phi) is 6.74. The van der Waals surface area contributed by atoms with Crippen molar-refractivity contribution in [2.45, 2.75) is 32.6 Å². The van der Waals surface area contributed by atoms with E-state index >= 15 is 0 Å². The molecule has 19 heavy (non-hydrogen) atoms. The molecule has 1 heterocycles. The van der Waals surface area contributed by atoms with Crippen LogP contribution < -0.4 is 4.72 Å². The van der Waals surface area contributed by atoms with E-state index < -0.39 is 16.0 Å². The number of carbonyl (C=O) groups is 1. The average molecular weight is 292 g/mol. The maximum absolute atomic E-state index is 11.7. The van der Waals surface area contributed by atoms with E-state index in [1.54, 1.807) is 0 Å². The number of nitrogens with zero attached hydrogens (tertiary/aromatic N) is 1. The number of likely N-dealkylation sites (tertiary alicyclic amines) is 1. The van der Waals surface area contributed by atoms with Crippen LogP contribution >= 0.6 is 0 Å².